The second-order valence-corrected chi connectivity index (χ2v) is 4.06. The highest BCUT2D eigenvalue weighted by molar-refractivity contribution is 5.97. The molecule has 0 saturated heterocycles. The first-order valence-electron chi connectivity index (χ1n) is 5.74. The molecule has 0 amide bonds. The van der Waals surface area contributed by atoms with Crippen molar-refractivity contribution in [3.05, 3.63) is 34.4 Å². The fourth-order valence-electron chi connectivity index (χ4n) is 2.02. The van der Waals surface area contributed by atoms with Gasteiger partial charge in [0, 0.05) is 12.0 Å². The number of hydrogen-bond acceptors (Lipinski definition) is 1. The van der Waals surface area contributed by atoms with E-state index in [1.54, 1.807) is 0 Å². The van der Waals surface area contributed by atoms with E-state index < -0.39 is 0 Å². The minimum Gasteiger partial charge on any atom is -0.294 e. The van der Waals surface area contributed by atoms with E-state index in [0.717, 1.165) is 18.4 Å². The van der Waals surface area contributed by atoms with Crippen LogP contribution in [-0.2, 0) is 6.42 Å². The molecule has 0 N–H and O–H groups in total. The van der Waals surface area contributed by atoms with Gasteiger partial charge < -0.3 is 0 Å². The zero-order valence-corrected chi connectivity index (χ0v) is 10.2. The van der Waals surface area contributed by atoms with Crippen molar-refractivity contribution in [2.24, 2.45) is 0 Å². The third kappa shape index (κ3) is 2.47. The normalized spacial score (nSPS) is 10.4. The van der Waals surface area contributed by atoms with E-state index >= 15 is 0 Å². The Hall–Kier alpha value is -1.11. The van der Waals surface area contributed by atoms with Crippen LogP contribution in [0.25, 0.3) is 0 Å². The smallest absolute Gasteiger partial charge is 0.162 e. The number of aryl methyl sites for hydroxylation is 1. The van der Waals surface area contributed by atoms with E-state index in [1.807, 2.05) is 13.0 Å². The van der Waals surface area contributed by atoms with E-state index in [0.29, 0.717) is 6.42 Å². The lowest BCUT2D eigenvalue weighted by molar-refractivity contribution is 0.0987. The molecular weight excluding hydrogens is 184 g/mol. The highest BCUT2D eigenvalue weighted by atomic mass is 16.1. The predicted octanol–water partition coefficient (Wildman–Crippen LogP) is 3.85. The molecule has 0 aromatic heterocycles. The largest absolute Gasteiger partial charge is 0.294 e. The Bertz CT molecular complexity index is 364. The van der Waals surface area contributed by atoms with Gasteiger partial charge in [-0.05, 0) is 37.0 Å². The summed E-state index contributed by atoms with van der Waals surface area (Å²) in [6, 6.07) is 4.04. The molecule has 1 nitrogen and oxygen atoms in total. The van der Waals surface area contributed by atoms with Crippen LogP contribution >= 0.6 is 0 Å². The van der Waals surface area contributed by atoms with E-state index in [4.69, 9.17) is 0 Å². The van der Waals surface area contributed by atoms with E-state index in [1.165, 1.54) is 16.7 Å². The van der Waals surface area contributed by atoms with Crippen molar-refractivity contribution in [3.63, 3.8) is 0 Å². The molecular formula is C14H20O. The molecule has 0 bridgehead atoms. The first-order valence-corrected chi connectivity index (χ1v) is 5.74. The Morgan fingerprint density at radius 3 is 2.40 bits per heavy atom. The van der Waals surface area contributed by atoms with Crippen LogP contribution in [0, 0.1) is 13.8 Å². The number of hydrogen-bond donors (Lipinski definition) is 0. The highest BCUT2D eigenvalue weighted by Crippen LogP contribution is 2.20. The fourth-order valence-corrected chi connectivity index (χ4v) is 2.02. The van der Waals surface area contributed by atoms with Gasteiger partial charge in [-0.2, -0.15) is 0 Å². The Balaban J connectivity index is 3.21. The molecule has 0 radical (unpaired) electrons. The summed E-state index contributed by atoms with van der Waals surface area (Å²) in [5.74, 6) is 0.254. The van der Waals surface area contributed by atoms with E-state index in [2.05, 4.69) is 26.8 Å². The van der Waals surface area contributed by atoms with Gasteiger partial charge in [-0.1, -0.05) is 32.4 Å². The second kappa shape index (κ2) is 5.11. The van der Waals surface area contributed by atoms with Crippen LogP contribution in [0.15, 0.2) is 12.1 Å². The quantitative estimate of drug-likeness (QED) is 0.681. The van der Waals surface area contributed by atoms with E-state index in [9.17, 15) is 4.79 Å². The number of carbonyl (C=O) groups is 1. The first-order chi connectivity index (χ1) is 7.11. The Kier molecular flexibility index (Phi) is 4.07. The molecule has 0 saturated carbocycles. The monoisotopic (exact) mass is 204 g/mol. The molecule has 82 valence electrons. The molecule has 1 heteroatoms. The number of benzene rings is 1. The number of carbonyl (C=O) groups excluding carboxylic acids is 1. The van der Waals surface area contributed by atoms with Gasteiger partial charge >= 0.3 is 0 Å². The van der Waals surface area contributed by atoms with Gasteiger partial charge in [-0.15, -0.1) is 0 Å². The molecule has 0 aliphatic carbocycles. The third-order valence-electron chi connectivity index (χ3n) is 2.95. The molecule has 1 rings (SSSR count). The average molecular weight is 204 g/mol. The van der Waals surface area contributed by atoms with Crippen molar-refractivity contribution in [2.75, 3.05) is 0 Å². The Labute approximate surface area is 92.5 Å². The summed E-state index contributed by atoms with van der Waals surface area (Å²) in [6.07, 6.45) is 2.80. The van der Waals surface area contributed by atoms with Crippen LogP contribution in [-0.4, -0.2) is 5.78 Å². The first kappa shape index (κ1) is 12.0. The molecule has 0 fully saturated rings. The molecule has 0 atom stereocenters. The Morgan fingerprint density at radius 1 is 1.20 bits per heavy atom. The molecule has 0 heterocycles. The van der Waals surface area contributed by atoms with Crippen molar-refractivity contribution in [1.29, 1.82) is 0 Å². The summed E-state index contributed by atoms with van der Waals surface area (Å²) in [4.78, 5) is 11.7. The minimum absolute atomic E-state index is 0.254. The predicted molar refractivity (Wildman–Crippen MR) is 64.5 cm³/mol. The highest BCUT2D eigenvalue weighted by Gasteiger charge is 2.11. The average Bonchev–Trinajstić information content (AvgIpc) is 2.23. The van der Waals surface area contributed by atoms with Gasteiger partial charge in [0.15, 0.2) is 5.78 Å². The van der Waals surface area contributed by atoms with Crippen LogP contribution < -0.4 is 0 Å². The topological polar surface area (TPSA) is 17.1 Å². The summed E-state index contributed by atoms with van der Waals surface area (Å²) in [7, 11) is 0. The standard InChI is InChI=1S/C14H20O/c1-5-7-12-10(3)8-9-13(11(12)4)14(15)6-2/h8-9H,5-7H2,1-4H3. The Morgan fingerprint density at radius 2 is 1.87 bits per heavy atom. The molecule has 0 aliphatic heterocycles. The lowest BCUT2D eigenvalue weighted by Gasteiger charge is -2.12. The maximum Gasteiger partial charge on any atom is 0.162 e. The van der Waals surface area contributed by atoms with Gasteiger partial charge in [-0.25, -0.2) is 0 Å². The van der Waals surface area contributed by atoms with Crippen LogP contribution in [0.2, 0.25) is 0 Å². The van der Waals surface area contributed by atoms with Gasteiger partial charge in [0.1, 0.15) is 0 Å². The lowest BCUT2D eigenvalue weighted by atomic mass is 9.92. The van der Waals surface area contributed by atoms with Gasteiger partial charge in [0.2, 0.25) is 0 Å². The summed E-state index contributed by atoms with van der Waals surface area (Å²) in [6.45, 7) is 8.29. The maximum atomic E-state index is 11.7. The minimum atomic E-state index is 0.254. The SMILES string of the molecule is CCCc1c(C)ccc(C(=O)CC)c1C. The van der Waals surface area contributed by atoms with E-state index in [-0.39, 0.29) is 5.78 Å². The lowest BCUT2D eigenvalue weighted by Crippen LogP contribution is -2.04. The van der Waals surface area contributed by atoms with Crippen molar-refractivity contribution in [1.82, 2.24) is 0 Å². The summed E-state index contributed by atoms with van der Waals surface area (Å²) in [5.41, 5.74) is 4.76. The van der Waals surface area contributed by atoms with Crippen molar-refractivity contribution < 1.29 is 4.79 Å². The third-order valence-corrected chi connectivity index (χ3v) is 2.95. The van der Waals surface area contributed by atoms with Crippen molar-refractivity contribution >= 4 is 5.78 Å². The number of Topliss-reactive ketones (excluding diaryl/α,β-unsaturated/α-hetero) is 1. The van der Waals surface area contributed by atoms with Crippen LogP contribution in [0.5, 0.6) is 0 Å². The second-order valence-electron chi connectivity index (χ2n) is 4.06. The van der Waals surface area contributed by atoms with Crippen LogP contribution in [0.3, 0.4) is 0 Å². The summed E-state index contributed by atoms with van der Waals surface area (Å²) < 4.78 is 0. The maximum absolute atomic E-state index is 11.7. The molecule has 0 unspecified atom stereocenters. The number of ketones is 1. The van der Waals surface area contributed by atoms with Gasteiger partial charge in [-0.3, -0.25) is 4.79 Å². The zero-order valence-electron chi connectivity index (χ0n) is 10.2. The molecule has 1 aromatic carbocycles. The number of rotatable bonds is 4. The van der Waals surface area contributed by atoms with Crippen LogP contribution in [0.1, 0.15) is 53.7 Å². The molecule has 0 spiro atoms. The van der Waals surface area contributed by atoms with Gasteiger partial charge in [0.25, 0.3) is 0 Å². The molecule has 0 aliphatic rings. The van der Waals surface area contributed by atoms with Crippen molar-refractivity contribution in [3.8, 4) is 0 Å². The summed E-state index contributed by atoms with van der Waals surface area (Å²) >= 11 is 0. The van der Waals surface area contributed by atoms with Gasteiger partial charge in [0.05, 0.1) is 0 Å². The summed E-state index contributed by atoms with van der Waals surface area (Å²) in [5, 5.41) is 0. The van der Waals surface area contributed by atoms with Crippen LogP contribution in [0.4, 0.5) is 0 Å². The zero-order chi connectivity index (χ0) is 11.4. The fraction of sp³-hybridized carbons (Fsp3) is 0.500. The molecule has 1 aromatic rings. The molecule has 15 heavy (non-hydrogen) atoms. The van der Waals surface area contributed by atoms with Crippen molar-refractivity contribution in [2.45, 2.75) is 47.0 Å².